The fraction of sp³-hybridized carbons (Fsp3) is 0.929. The van der Waals surface area contributed by atoms with Crippen molar-refractivity contribution in [2.75, 3.05) is 6.54 Å². The van der Waals surface area contributed by atoms with E-state index < -0.39 is 0 Å². The zero-order valence-corrected chi connectivity index (χ0v) is 11.6. The third kappa shape index (κ3) is 11.5. The van der Waals surface area contributed by atoms with Gasteiger partial charge >= 0.3 is 0 Å². The quantitative estimate of drug-likeness (QED) is 0.626. The molecule has 0 unspecified atom stereocenters. The van der Waals surface area contributed by atoms with Gasteiger partial charge in [-0.2, -0.15) is 0 Å². The standard InChI is InChI=1S/C14H29NO/c1-5-6-12-15-13(16)10-8-7-9-11-14(2,3)4/h5-12H2,1-4H3,(H,15,16). The minimum Gasteiger partial charge on any atom is -0.356 e. The van der Waals surface area contributed by atoms with Gasteiger partial charge in [0.15, 0.2) is 0 Å². The van der Waals surface area contributed by atoms with E-state index in [2.05, 4.69) is 33.0 Å². The van der Waals surface area contributed by atoms with E-state index in [1.165, 1.54) is 19.3 Å². The van der Waals surface area contributed by atoms with Crippen LogP contribution in [0.3, 0.4) is 0 Å². The van der Waals surface area contributed by atoms with E-state index in [4.69, 9.17) is 0 Å². The van der Waals surface area contributed by atoms with E-state index >= 15 is 0 Å². The normalized spacial score (nSPS) is 11.5. The van der Waals surface area contributed by atoms with E-state index in [1.54, 1.807) is 0 Å². The topological polar surface area (TPSA) is 29.1 Å². The molecule has 0 atom stereocenters. The summed E-state index contributed by atoms with van der Waals surface area (Å²) < 4.78 is 0. The molecule has 0 fully saturated rings. The van der Waals surface area contributed by atoms with E-state index in [-0.39, 0.29) is 5.91 Å². The Morgan fingerprint density at radius 3 is 2.31 bits per heavy atom. The second-order valence-electron chi connectivity index (χ2n) is 5.82. The first kappa shape index (κ1) is 15.5. The third-order valence-electron chi connectivity index (χ3n) is 2.68. The molecule has 2 nitrogen and oxygen atoms in total. The molecule has 0 rings (SSSR count). The SMILES string of the molecule is CCCCNC(=O)CCCCCC(C)(C)C. The van der Waals surface area contributed by atoms with Crippen molar-refractivity contribution in [1.82, 2.24) is 5.32 Å². The molecule has 96 valence electrons. The Balaban J connectivity index is 3.28. The smallest absolute Gasteiger partial charge is 0.219 e. The van der Waals surface area contributed by atoms with E-state index in [0.29, 0.717) is 11.8 Å². The van der Waals surface area contributed by atoms with Gasteiger partial charge in [0.25, 0.3) is 0 Å². The van der Waals surface area contributed by atoms with Gasteiger partial charge in [-0.25, -0.2) is 0 Å². The Bertz CT molecular complexity index is 182. The lowest BCUT2D eigenvalue weighted by molar-refractivity contribution is -0.121. The summed E-state index contributed by atoms with van der Waals surface area (Å²) in [6, 6.07) is 0. The van der Waals surface area contributed by atoms with E-state index in [0.717, 1.165) is 25.8 Å². The van der Waals surface area contributed by atoms with E-state index in [1.807, 2.05) is 0 Å². The van der Waals surface area contributed by atoms with Gasteiger partial charge in [-0.15, -0.1) is 0 Å². The van der Waals surface area contributed by atoms with Crippen molar-refractivity contribution in [2.45, 2.75) is 72.6 Å². The Hall–Kier alpha value is -0.530. The Morgan fingerprint density at radius 1 is 1.06 bits per heavy atom. The highest BCUT2D eigenvalue weighted by Gasteiger charge is 2.09. The van der Waals surface area contributed by atoms with Gasteiger partial charge in [0.05, 0.1) is 0 Å². The molecule has 0 bridgehead atoms. The van der Waals surface area contributed by atoms with Gasteiger partial charge < -0.3 is 5.32 Å². The molecule has 0 aliphatic rings. The predicted molar refractivity (Wildman–Crippen MR) is 70.5 cm³/mol. The van der Waals surface area contributed by atoms with Crippen LogP contribution in [-0.2, 0) is 4.79 Å². The molecule has 2 heteroatoms. The number of carbonyl (C=O) groups excluding carboxylic acids is 1. The second kappa shape index (κ2) is 8.60. The maximum atomic E-state index is 11.4. The highest BCUT2D eigenvalue weighted by molar-refractivity contribution is 5.75. The zero-order valence-electron chi connectivity index (χ0n) is 11.6. The molecule has 0 aromatic carbocycles. The summed E-state index contributed by atoms with van der Waals surface area (Å²) in [6.45, 7) is 9.79. The number of hydrogen-bond acceptors (Lipinski definition) is 1. The molecule has 1 N–H and O–H groups in total. The number of nitrogens with one attached hydrogen (secondary N) is 1. The average molecular weight is 227 g/mol. The summed E-state index contributed by atoms with van der Waals surface area (Å²) in [5.74, 6) is 0.226. The van der Waals surface area contributed by atoms with Gasteiger partial charge in [-0.1, -0.05) is 47.0 Å². The maximum absolute atomic E-state index is 11.4. The van der Waals surface area contributed by atoms with Crippen LogP contribution in [0.15, 0.2) is 0 Å². The Morgan fingerprint density at radius 2 is 1.75 bits per heavy atom. The molecule has 0 aliphatic carbocycles. The van der Waals surface area contributed by atoms with Crippen molar-refractivity contribution >= 4 is 5.91 Å². The van der Waals surface area contributed by atoms with Crippen LogP contribution in [0, 0.1) is 5.41 Å². The van der Waals surface area contributed by atoms with Crippen molar-refractivity contribution in [2.24, 2.45) is 5.41 Å². The molecule has 0 aromatic rings. The van der Waals surface area contributed by atoms with Crippen molar-refractivity contribution in [1.29, 1.82) is 0 Å². The van der Waals surface area contributed by atoms with Crippen LogP contribution in [0.2, 0.25) is 0 Å². The van der Waals surface area contributed by atoms with Crippen LogP contribution in [0.1, 0.15) is 72.6 Å². The van der Waals surface area contributed by atoms with Crippen molar-refractivity contribution in [3.05, 3.63) is 0 Å². The Kier molecular flexibility index (Phi) is 8.32. The average Bonchev–Trinajstić information content (AvgIpc) is 2.16. The van der Waals surface area contributed by atoms with Crippen LogP contribution in [0.25, 0.3) is 0 Å². The molecule has 0 saturated heterocycles. The second-order valence-corrected chi connectivity index (χ2v) is 5.82. The first-order valence-electron chi connectivity index (χ1n) is 6.72. The highest BCUT2D eigenvalue weighted by Crippen LogP contribution is 2.22. The molecular formula is C14H29NO. The summed E-state index contributed by atoms with van der Waals surface area (Å²) in [7, 11) is 0. The summed E-state index contributed by atoms with van der Waals surface area (Å²) >= 11 is 0. The third-order valence-corrected chi connectivity index (χ3v) is 2.68. The van der Waals surface area contributed by atoms with Crippen LogP contribution >= 0.6 is 0 Å². The van der Waals surface area contributed by atoms with Crippen LogP contribution in [0.5, 0.6) is 0 Å². The van der Waals surface area contributed by atoms with Crippen molar-refractivity contribution < 1.29 is 4.79 Å². The summed E-state index contributed by atoms with van der Waals surface area (Å²) in [4.78, 5) is 11.4. The lowest BCUT2D eigenvalue weighted by atomic mass is 9.89. The van der Waals surface area contributed by atoms with Crippen LogP contribution in [0.4, 0.5) is 0 Å². The van der Waals surface area contributed by atoms with Gasteiger partial charge in [0.2, 0.25) is 5.91 Å². The summed E-state index contributed by atoms with van der Waals surface area (Å²) in [5, 5.41) is 2.95. The molecule has 1 amide bonds. The number of unbranched alkanes of at least 4 members (excludes halogenated alkanes) is 3. The first-order chi connectivity index (χ1) is 7.45. The van der Waals surface area contributed by atoms with Gasteiger partial charge in [0.1, 0.15) is 0 Å². The largest absolute Gasteiger partial charge is 0.356 e. The van der Waals surface area contributed by atoms with Crippen molar-refractivity contribution in [3.63, 3.8) is 0 Å². The number of amides is 1. The molecule has 0 heterocycles. The minimum absolute atomic E-state index is 0.226. The fourth-order valence-corrected chi connectivity index (χ4v) is 1.61. The summed E-state index contributed by atoms with van der Waals surface area (Å²) in [6.07, 6.45) is 7.65. The van der Waals surface area contributed by atoms with Crippen LogP contribution < -0.4 is 5.32 Å². The lowest BCUT2D eigenvalue weighted by Crippen LogP contribution is -2.23. The molecular weight excluding hydrogens is 198 g/mol. The highest BCUT2D eigenvalue weighted by atomic mass is 16.1. The molecule has 0 spiro atoms. The van der Waals surface area contributed by atoms with Crippen molar-refractivity contribution in [3.8, 4) is 0 Å². The Labute approximate surface area is 101 Å². The van der Waals surface area contributed by atoms with Crippen LogP contribution in [-0.4, -0.2) is 12.5 Å². The molecule has 0 aliphatic heterocycles. The molecule has 0 radical (unpaired) electrons. The molecule has 0 saturated carbocycles. The first-order valence-corrected chi connectivity index (χ1v) is 6.72. The number of hydrogen-bond donors (Lipinski definition) is 1. The summed E-state index contributed by atoms with van der Waals surface area (Å²) in [5.41, 5.74) is 0.434. The van der Waals surface area contributed by atoms with Gasteiger partial charge in [0, 0.05) is 13.0 Å². The van der Waals surface area contributed by atoms with Gasteiger partial charge in [-0.3, -0.25) is 4.79 Å². The number of carbonyl (C=O) groups is 1. The predicted octanol–water partition coefficient (Wildman–Crippen LogP) is 3.90. The zero-order chi connectivity index (χ0) is 12.4. The fourth-order valence-electron chi connectivity index (χ4n) is 1.61. The maximum Gasteiger partial charge on any atom is 0.219 e. The number of rotatable bonds is 8. The lowest BCUT2D eigenvalue weighted by Gasteiger charge is -2.17. The van der Waals surface area contributed by atoms with E-state index in [9.17, 15) is 4.79 Å². The molecule has 16 heavy (non-hydrogen) atoms. The molecule has 0 aromatic heterocycles. The monoisotopic (exact) mass is 227 g/mol. The van der Waals surface area contributed by atoms with Gasteiger partial charge in [-0.05, 0) is 24.7 Å². The minimum atomic E-state index is 0.226.